The number of anilines is 1. The van der Waals surface area contributed by atoms with Crippen LogP contribution in [0.15, 0.2) is 42.2 Å². The van der Waals surface area contributed by atoms with E-state index in [1.54, 1.807) is 24.3 Å². The first kappa shape index (κ1) is 15.0. The third-order valence-electron chi connectivity index (χ3n) is 3.72. The van der Waals surface area contributed by atoms with Gasteiger partial charge in [0, 0.05) is 23.8 Å². The number of hydrogen-bond acceptors (Lipinski definition) is 4. The molecule has 5 nitrogen and oxygen atoms in total. The lowest BCUT2D eigenvalue weighted by molar-refractivity contribution is -0.115. The first-order valence-corrected chi connectivity index (χ1v) is 7.37. The number of carbonyl (C=O) groups is 1. The van der Waals surface area contributed by atoms with Gasteiger partial charge < -0.3 is 5.32 Å². The molecule has 0 radical (unpaired) electrons. The molecule has 0 saturated carbocycles. The molecule has 3 rings (SSSR count). The van der Waals surface area contributed by atoms with Crippen LogP contribution in [-0.4, -0.2) is 15.6 Å². The van der Waals surface area contributed by atoms with Crippen LogP contribution in [0.1, 0.15) is 30.4 Å². The molecule has 1 aliphatic carbocycles. The molecule has 6 heteroatoms. The van der Waals surface area contributed by atoms with Crippen molar-refractivity contribution in [1.29, 1.82) is 5.26 Å². The predicted octanol–water partition coefficient (Wildman–Crippen LogP) is 2.99. The van der Waals surface area contributed by atoms with Gasteiger partial charge in [-0.25, -0.2) is 9.07 Å². The Kier molecular flexibility index (Phi) is 4.20. The first-order valence-electron chi connectivity index (χ1n) is 7.37. The van der Waals surface area contributed by atoms with Crippen molar-refractivity contribution >= 4 is 11.6 Å². The van der Waals surface area contributed by atoms with Crippen LogP contribution in [0.2, 0.25) is 0 Å². The molecule has 1 aliphatic rings. The van der Waals surface area contributed by atoms with Crippen LogP contribution >= 0.6 is 0 Å². The highest BCUT2D eigenvalue weighted by atomic mass is 19.1. The summed E-state index contributed by atoms with van der Waals surface area (Å²) in [6, 6.07) is 8.51. The number of rotatable bonds is 4. The second kappa shape index (κ2) is 6.44. The zero-order valence-electron chi connectivity index (χ0n) is 12.4. The van der Waals surface area contributed by atoms with Crippen LogP contribution in [0.3, 0.4) is 0 Å². The predicted molar refractivity (Wildman–Crippen MR) is 83.0 cm³/mol. The van der Waals surface area contributed by atoms with Gasteiger partial charge in [-0.3, -0.25) is 4.79 Å². The Balaban J connectivity index is 1.90. The smallest absolute Gasteiger partial charge is 0.157 e. The standard InChI is InChI=1S/C17H15FN4O/c18-16-7-2-1-4-12(16)11-22-17(13(9-19)10-20-22)21-14-5-3-6-15(23)8-14/h1-2,4,7-8,10,21H,3,5-6,11H2. The zero-order valence-corrected chi connectivity index (χ0v) is 12.4. The molecule has 1 aromatic heterocycles. The maximum atomic E-state index is 13.8. The fraction of sp³-hybridized carbons (Fsp3) is 0.235. The highest BCUT2D eigenvalue weighted by Crippen LogP contribution is 2.22. The number of nitrogens with zero attached hydrogens (tertiary/aromatic N) is 3. The van der Waals surface area contributed by atoms with Crippen molar-refractivity contribution < 1.29 is 9.18 Å². The maximum absolute atomic E-state index is 13.8. The van der Waals surface area contributed by atoms with Crippen molar-refractivity contribution in [2.75, 3.05) is 5.32 Å². The van der Waals surface area contributed by atoms with Crippen molar-refractivity contribution in [3.8, 4) is 6.07 Å². The summed E-state index contributed by atoms with van der Waals surface area (Å²) in [4.78, 5) is 11.5. The van der Waals surface area contributed by atoms with Gasteiger partial charge in [0.05, 0.1) is 12.7 Å². The molecule has 23 heavy (non-hydrogen) atoms. The molecule has 0 atom stereocenters. The van der Waals surface area contributed by atoms with Gasteiger partial charge in [-0.15, -0.1) is 0 Å². The minimum Gasteiger partial charge on any atom is -0.343 e. The van der Waals surface area contributed by atoms with Gasteiger partial charge in [-0.1, -0.05) is 18.2 Å². The molecule has 0 amide bonds. The second-order valence-corrected chi connectivity index (χ2v) is 5.38. The van der Waals surface area contributed by atoms with E-state index in [9.17, 15) is 14.4 Å². The van der Waals surface area contributed by atoms with Crippen molar-refractivity contribution in [3.05, 3.63) is 59.2 Å². The van der Waals surface area contributed by atoms with Crippen LogP contribution in [0.5, 0.6) is 0 Å². The number of nitrogens with one attached hydrogen (secondary N) is 1. The summed E-state index contributed by atoms with van der Waals surface area (Å²) in [7, 11) is 0. The van der Waals surface area contributed by atoms with Gasteiger partial charge >= 0.3 is 0 Å². The summed E-state index contributed by atoms with van der Waals surface area (Å²) >= 11 is 0. The molecule has 1 heterocycles. The molecule has 1 N–H and O–H groups in total. The molecule has 0 bridgehead atoms. The van der Waals surface area contributed by atoms with Crippen LogP contribution in [-0.2, 0) is 11.3 Å². The molecule has 2 aromatic rings. The van der Waals surface area contributed by atoms with Gasteiger partial charge in [-0.2, -0.15) is 10.4 Å². The van der Waals surface area contributed by atoms with Gasteiger partial charge in [0.15, 0.2) is 5.78 Å². The largest absolute Gasteiger partial charge is 0.343 e. The average Bonchev–Trinajstić information content (AvgIpc) is 2.91. The molecule has 0 fully saturated rings. The number of allylic oxidation sites excluding steroid dienone is 2. The maximum Gasteiger partial charge on any atom is 0.157 e. The van der Waals surface area contributed by atoms with Crippen molar-refractivity contribution in [1.82, 2.24) is 9.78 Å². The third-order valence-corrected chi connectivity index (χ3v) is 3.72. The monoisotopic (exact) mass is 310 g/mol. The quantitative estimate of drug-likeness (QED) is 0.942. The van der Waals surface area contributed by atoms with E-state index in [1.165, 1.54) is 16.9 Å². The lowest BCUT2D eigenvalue weighted by Gasteiger charge is -2.16. The molecular weight excluding hydrogens is 295 g/mol. The van der Waals surface area contributed by atoms with E-state index in [0.29, 0.717) is 23.4 Å². The first-order chi connectivity index (χ1) is 11.2. The third kappa shape index (κ3) is 3.29. The van der Waals surface area contributed by atoms with E-state index < -0.39 is 0 Å². The number of carbonyl (C=O) groups excluding carboxylic acids is 1. The van der Waals surface area contributed by atoms with E-state index in [2.05, 4.69) is 16.5 Å². The SMILES string of the molecule is N#Cc1cnn(Cc2ccccc2F)c1NC1=CC(=O)CCC1. The van der Waals surface area contributed by atoms with Gasteiger partial charge in [0.25, 0.3) is 0 Å². The zero-order chi connectivity index (χ0) is 16.2. The Morgan fingerprint density at radius 1 is 1.35 bits per heavy atom. The van der Waals surface area contributed by atoms with Crippen molar-refractivity contribution in [2.24, 2.45) is 0 Å². The highest BCUT2D eigenvalue weighted by molar-refractivity contribution is 5.91. The van der Waals surface area contributed by atoms with Crippen LogP contribution in [0.4, 0.5) is 10.2 Å². The number of hydrogen-bond donors (Lipinski definition) is 1. The molecule has 0 saturated heterocycles. The second-order valence-electron chi connectivity index (χ2n) is 5.38. The van der Waals surface area contributed by atoms with E-state index in [-0.39, 0.29) is 18.1 Å². The average molecular weight is 310 g/mol. The normalized spacial score (nSPS) is 14.3. The molecule has 1 aromatic carbocycles. The van der Waals surface area contributed by atoms with E-state index in [1.807, 2.05) is 0 Å². The Labute approximate surface area is 133 Å². The lowest BCUT2D eigenvalue weighted by atomic mass is 10.0. The topological polar surface area (TPSA) is 70.7 Å². The van der Waals surface area contributed by atoms with Gasteiger partial charge in [0.1, 0.15) is 23.3 Å². The number of benzene rings is 1. The summed E-state index contributed by atoms with van der Waals surface area (Å²) in [6.45, 7) is 0.206. The van der Waals surface area contributed by atoms with Crippen LogP contribution in [0.25, 0.3) is 0 Å². The number of nitriles is 1. The summed E-state index contributed by atoms with van der Waals surface area (Å²) < 4.78 is 15.4. The van der Waals surface area contributed by atoms with E-state index >= 15 is 0 Å². The minimum absolute atomic E-state index is 0.0671. The Hall–Kier alpha value is -2.94. The molecule has 0 spiro atoms. The summed E-state index contributed by atoms with van der Waals surface area (Å²) in [5.41, 5.74) is 1.60. The molecule has 0 unspecified atom stereocenters. The Morgan fingerprint density at radius 2 is 2.17 bits per heavy atom. The number of aromatic nitrogens is 2. The fourth-order valence-electron chi connectivity index (χ4n) is 2.55. The highest BCUT2D eigenvalue weighted by Gasteiger charge is 2.16. The van der Waals surface area contributed by atoms with Crippen molar-refractivity contribution in [3.63, 3.8) is 0 Å². The van der Waals surface area contributed by atoms with Crippen LogP contribution < -0.4 is 5.32 Å². The summed E-state index contributed by atoms with van der Waals surface area (Å²) in [5.74, 6) is 0.230. The summed E-state index contributed by atoms with van der Waals surface area (Å²) in [6.07, 6.45) is 5.06. The minimum atomic E-state index is -0.320. The van der Waals surface area contributed by atoms with E-state index in [4.69, 9.17) is 0 Å². The van der Waals surface area contributed by atoms with Gasteiger partial charge in [0.2, 0.25) is 0 Å². The molecule has 0 aliphatic heterocycles. The summed E-state index contributed by atoms with van der Waals surface area (Å²) in [5, 5.41) is 16.5. The Bertz CT molecular complexity index is 816. The number of halogens is 1. The fourth-order valence-corrected chi connectivity index (χ4v) is 2.55. The molecule has 116 valence electrons. The molecular formula is C17H15FN4O. The number of ketones is 1. The van der Waals surface area contributed by atoms with Crippen LogP contribution in [0, 0.1) is 17.1 Å². The Morgan fingerprint density at radius 3 is 2.91 bits per heavy atom. The lowest BCUT2D eigenvalue weighted by Crippen LogP contribution is -2.14. The van der Waals surface area contributed by atoms with Crippen molar-refractivity contribution in [2.45, 2.75) is 25.8 Å². The van der Waals surface area contributed by atoms with E-state index in [0.717, 1.165) is 18.5 Å². The van der Waals surface area contributed by atoms with Gasteiger partial charge in [-0.05, 0) is 18.9 Å².